The van der Waals surface area contributed by atoms with Crippen LogP contribution < -0.4 is 0 Å². The van der Waals surface area contributed by atoms with Gasteiger partial charge in [-0.05, 0) is 12.3 Å². The monoisotopic (exact) mass is 124 g/mol. The average molecular weight is 124 g/mol. The minimum Gasteiger partial charge on any atom is -0.0877 e. The summed E-state index contributed by atoms with van der Waals surface area (Å²) in [5.74, 6) is 0. The van der Waals surface area contributed by atoms with Crippen molar-refractivity contribution in [2.75, 3.05) is 0 Å². The Labute approximate surface area is 58.3 Å². The molecule has 0 bridgehead atoms. The molecule has 0 aromatic carbocycles. The highest BCUT2D eigenvalue weighted by Gasteiger charge is 2.01. The Bertz CT molecular complexity index is 110. The van der Waals surface area contributed by atoms with Crippen molar-refractivity contribution in [2.45, 2.75) is 27.7 Å². The fourth-order valence-electron chi connectivity index (χ4n) is 0.455. The molecule has 0 N–H and O–H groups in total. The second kappa shape index (κ2) is 3.49. The van der Waals surface area contributed by atoms with Gasteiger partial charge in [0.1, 0.15) is 0 Å². The Kier molecular flexibility index (Phi) is 3.29. The van der Waals surface area contributed by atoms with Crippen LogP contribution in [0.4, 0.5) is 0 Å². The van der Waals surface area contributed by atoms with Crippen LogP contribution in [0.2, 0.25) is 0 Å². The summed E-state index contributed by atoms with van der Waals surface area (Å²) in [5, 5.41) is 0. The second-order valence-electron chi connectivity index (χ2n) is 3.25. The van der Waals surface area contributed by atoms with E-state index in [0.29, 0.717) is 5.41 Å². The van der Waals surface area contributed by atoms with Crippen LogP contribution in [0, 0.1) is 5.41 Å². The zero-order valence-electron chi connectivity index (χ0n) is 6.81. The number of hydrogen-bond donors (Lipinski definition) is 0. The van der Waals surface area contributed by atoms with Crippen LogP contribution in [0.1, 0.15) is 27.7 Å². The van der Waals surface area contributed by atoms with Crippen LogP contribution in [0.5, 0.6) is 0 Å². The van der Waals surface area contributed by atoms with Gasteiger partial charge in [0.25, 0.3) is 0 Å². The lowest BCUT2D eigenvalue weighted by Crippen LogP contribution is -1.97. The third-order valence-electron chi connectivity index (χ3n) is 0.900. The van der Waals surface area contributed by atoms with Crippen LogP contribution in [-0.2, 0) is 0 Å². The van der Waals surface area contributed by atoms with Crippen LogP contribution in [0.3, 0.4) is 0 Å². The number of allylic oxidation sites excluding steroid dienone is 4. The molecular weight excluding hydrogens is 108 g/mol. The molecule has 9 heavy (non-hydrogen) atoms. The molecule has 0 heteroatoms. The summed E-state index contributed by atoms with van der Waals surface area (Å²) in [5.41, 5.74) is 0.319. The molecule has 0 saturated heterocycles. The minimum atomic E-state index is 0.319. The number of rotatable bonds is 1. The quantitative estimate of drug-likeness (QED) is 0.471. The lowest BCUT2D eigenvalue weighted by atomic mass is 9.96. The van der Waals surface area contributed by atoms with Crippen molar-refractivity contribution in [2.24, 2.45) is 5.41 Å². The van der Waals surface area contributed by atoms with E-state index in [2.05, 4.69) is 32.9 Å². The van der Waals surface area contributed by atoms with Crippen molar-refractivity contribution in [3.8, 4) is 0 Å². The molecule has 0 aromatic rings. The molecule has 0 unspecified atom stereocenters. The van der Waals surface area contributed by atoms with Crippen molar-refractivity contribution < 1.29 is 0 Å². The van der Waals surface area contributed by atoms with Gasteiger partial charge in [-0.3, -0.25) is 0 Å². The topological polar surface area (TPSA) is 0 Å². The third kappa shape index (κ3) is 7.48. The Morgan fingerprint density at radius 3 is 1.89 bits per heavy atom. The Balaban J connectivity index is 3.71. The van der Waals surface area contributed by atoms with Gasteiger partial charge in [0.05, 0.1) is 0 Å². The normalized spacial score (nSPS) is 13.8. The highest BCUT2D eigenvalue weighted by Crippen LogP contribution is 2.13. The van der Waals surface area contributed by atoms with E-state index in [1.807, 2.05) is 19.1 Å². The average Bonchev–Trinajstić information content (AvgIpc) is 1.63. The van der Waals surface area contributed by atoms with E-state index in [9.17, 15) is 0 Å². The molecule has 0 amide bonds. The minimum absolute atomic E-state index is 0.319. The summed E-state index contributed by atoms with van der Waals surface area (Å²) in [6.07, 6.45) is 8.35. The molecule has 0 atom stereocenters. The van der Waals surface area contributed by atoms with Crippen molar-refractivity contribution in [1.29, 1.82) is 0 Å². The molecule has 0 aliphatic carbocycles. The lowest BCUT2D eigenvalue weighted by Gasteiger charge is -2.09. The summed E-state index contributed by atoms with van der Waals surface area (Å²) in [6, 6.07) is 0. The van der Waals surface area contributed by atoms with E-state index in [0.717, 1.165) is 0 Å². The van der Waals surface area contributed by atoms with E-state index in [1.54, 1.807) is 0 Å². The molecule has 0 fully saturated rings. The first-order valence-corrected chi connectivity index (χ1v) is 3.37. The molecule has 0 heterocycles. The van der Waals surface area contributed by atoms with Gasteiger partial charge in [-0.2, -0.15) is 0 Å². The smallest absolute Gasteiger partial charge is 0.0200 e. The Morgan fingerprint density at radius 1 is 1.00 bits per heavy atom. The van der Waals surface area contributed by atoms with Gasteiger partial charge in [0.15, 0.2) is 0 Å². The summed E-state index contributed by atoms with van der Waals surface area (Å²) in [6.45, 7) is 8.58. The summed E-state index contributed by atoms with van der Waals surface area (Å²) in [7, 11) is 0. The van der Waals surface area contributed by atoms with E-state index >= 15 is 0 Å². The standard InChI is InChI=1S/C9H16/c1-5-6-7-8-9(2,3)4/h5-8H,1-4H3/b6-5+,8-7+. The first-order chi connectivity index (χ1) is 4.06. The largest absolute Gasteiger partial charge is 0.0877 e. The molecule has 0 aromatic heterocycles. The van der Waals surface area contributed by atoms with E-state index in [1.165, 1.54) is 0 Å². The lowest BCUT2D eigenvalue weighted by molar-refractivity contribution is 0.544. The third-order valence-corrected chi connectivity index (χ3v) is 0.900. The zero-order chi connectivity index (χ0) is 7.33. The zero-order valence-corrected chi connectivity index (χ0v) is 6.81. The SMILES string of the molecule is C/C=C/C=C/C(C)(C)C. The highest BCUT2D eigenvalue weighted by atomic mass is 14.1. The van der Waals surface area contributed by atoms with E-state index in [4.69, 9.17) is 0 Å². The van der Waals surface area contributed by atoms with Crippen LogP contribution in [0.25, 0.3) is 0 Å². The summed E-state index contributed by atoms with van der Waals surface area (Å²) in [4.78, 5) is 0. The molecule has 0 spiro atoms. The van der Waals surface area contributed by atoms with Crippen LogP contribution in [-0.4, -0.2) is 0 Å². The van der Waals surface area contributed by atoms with Gasteiger partial charge in [0, 0.05) is 0 Å². The second-order valence-corrected chi connectivity index (χ2v) is 3.25. The van der Waals surface area contributed by atoms with Crippen molar-refractivity contribution in [3.63, 3.8) is 0 Å². The van der Waals surface area contributed by atoms with E-state index in [-0.39, 0.29) is 0 Å². The molecule has 0 aliphatic rings. The highest BCUT2D eigenvalue weighted by molar-refractivity contribution is 5.04. The summed E-state index contributed by atoms with van der Waals surface area (Å²) >= 11 is 0. The first kappa shape index (κ1) is 8.48. The fraction of sp³-hybridized carbons (Fsp3) is 0.556. The van der Waals surface area contributed by atoms with Gasteiger partial charge >= 0.3 is 0 Å². The Hall–Kier alpha value is -0.520. The fourth-order valence-corrected chi connectivity index (χ4v) is 0.455. The summed E-state index contributed by atoms with van der Waals surface area (Å²) < 4.78 is 0. The predicted molar refractivity (Wildman–Crippen MR) is 43.4 cm³/mol. The van der Waals surface area contributed by atoms with Gasteiger partial charge in [-0.1, -0.05) is 45.1 Å². The molecule has 0 saturated carbocycles. The van der Waals surface area contributed by atoms with E-state index < -0.39 is 0 Å². The molecule has 52 valence electrons. The predicted octanol–water partition coefficient (Wildman–Crippen LogP) is 3.16. The maximum Gasteiger partial charge on any atom is -0.0200 e. The molecular formula is C9H16. The van der Waals surface area contributed by atoms with Crippen molar-refractivity contribution in [3.05, 3.63) is 24.3 Å². The van der Waals surface area contributed by atoms with Crippen LogP contribution in [0.15, 0.2) is 24.3 Å². The maximum absolute atomic E-state index is 2.19. The Morgan fingerprint density at radius 2 is 1.56 bits per heavy atom. The van der Waals surface area contributed by atoms with Crippen LogP contribution >= 0.6 is 0 Å². The molecule has 0 rings (SSSR count). The van der Waals surface area contributed by atoms with Gasteiger partial charge < -0.3 is 0 Å². The molecule has 0 nitrogen and oxygen atoms in total. The van der Waals surface area contributed by atoms with Crippen molar-refractivity contribution >= 4 is 0 Å². The van der Waals surface area contributed by atoms with Gasteiger partial charge in [0.2, 0.25) is 0 Å². The maximum atomic E-state index is 2.19. The first-order valence-electron chi connectivity index (χ1n) is 3.37. The molecule has 0 radical (unpaired) electrons. The molecule has 0 aliphatic heterocycles. The number of hydrogen-bond acceptors (Lipinski definition) is 0. The van der Waals surface area contributed by atoms with Crippen molar-refractivity contribution in [1.82, 2.24) is 0 Å². The van der Waals surface area contributed by atoms with Gasteiger partial charge in [-0.15, -0.1) is 0 Å². The van der Waals surface area contributed by atoms with Gasteiger partial charge in [-0.25, -0.2) is 0 Å².